The molecule has 3 rings (SSSR count). The van der Waals surface area contributed by atoms with Crippen molar-refractivity contribution in [2.75, 3.05) is 32.8 Å². The molecule has 0 aliphatic carbocycles. The number of amides is 1. The Morgan fingerprint density at radius 3 is 2.32 bits per heavy atom. The van der Waals surface area contributed by atoms with Crippen molar-refractivity contribution in [1.29, 1.82) is 0 Å². The van der Waals surface area contributed by atoms with Gasteiger partial charge in [0.1, 0.15) is 11.4 Å². The minimum atomic E-state index is -0.747. The summed E-state index contributed by atoms with van der Waals surface area (Å²) >= 11 is 0. The Morgan fingerprint density at radius 2 is 1.59 bits per heavy atom. The maximum atomic E-state index is 13.1. The second kappa shape index (κ2) is 11.5. The number of ether oxygens (including phenoxy) is 3. The Kier molecular flexibility index (Phi) is 8.23. The van der Waals surface area contributed by atoms with Crippen molar-refractivity contribution in [3.05, 3.63) is 95.4 Å². The smallest absolute Gasteiger partial charge is 0.355 e. The zero-order chi connectivity index (χ0) is 24.5. The van der Waals surface area contributed by atoms with E-state index in [9.17, 15) is 14.4 Å². The minimum Gasteiger partial charge on any atom is -0.496 e. The van der Waals surface area contributed by atoms with Crippen molar-refractivity contribution >= 4 is 23.5 Å². The number of methoxy groups -OCH3 is 3. The molecule has 0 bridgehead atoms. The molecule has 0 saturated carbocycles. The Hall–Kier alpha value is -4.33. The van der Waals surface area contributed by atoms with E-state index in [1.165, 1.54) is 25.2 Å². The number of anilines is 1. The summed E-state index contributed by atoms with van der Waals surface area (Å²) < 4.78 is 15.1. The molecule has 0 unspecified atom stereocenters. The molecule has 0 radical (unpaired) electrons. The fourth-order valence-corrected chi connectivity index (χ4v) is 3.54. The average molecular weight is 463 g/mol. The highest BCUT2D eigenvalue weighted by molar-refractivity contribution is 6.07. The van der Waals surface area contributed by atoms with Crippen LogP contribution in [0.4, 0.5) is 5.69 Å². The van der Waals surface area contributed by atoms with E-state index in [0.29, 0.717) is 24.2 Å². The molecule has 8 nitrogen and oxygen atoms in total. The van der Waals surface area contributed by atoms with Crippen LogP contribution in [0.15, 0.2) is 84.2 Å². The van der Waals surface area contributed by atoms with Crippen LogP contribution in [0.1, 0.15) is 15.9 Å². The van der Waals surface area contributed by atoms with Gasteiger partial charge < -0.3 is 24.4 Å². The first-order valence-electron chi connectivity index (χ1n) is 10.6. The third-order valence-electron chi connectivity index (χ3n) is 5.17. The molecule has 0 fully saturated rings. The number of nitrogens with zero attached hydrogens (tertiary/aromatic N) is 1. The second-order valence-corrected chi connectivity index (χ2v) is 7.15. The van der Waals surface area contributed by atoms with E-state index in [0.717, 1.165) is 11.3 Å². The monoisotopic (exact) mass is 462 g/mol. The lowest BCUT2D eigenvalue weighted by atomic mass is 10.1. The molecule has 0 spiro atoms. The van der Waals surface area contributed by atoms with E-state index in [2.05, 4.69) is 5.32 Å². The zero-order valence-corrected chi connectivity index (χ0v) is 19.2. The number of rotatable bonds is 8. The minimum absolute atomic E-state index is 0.00531. The first kappa shape index (κ1) is 24.3. The van der Waals surface area contributed by atoms with Crippen LogP contribution < -0.4 is 15.0 Å². The Bertz CT molecular complexity index is 1170. The van der Waals surface area contributed by atoms with Gasteiger partial charge in [-0.25, -0.2) is 9.59 Å². The van der Waals surface area contributed by atoms with Crippen molar-refractivity contribution in [3.63, 3.8) is 0 Å². The fraction of sp³-hybridized carbons (Fsp3) is 0.192. The van der Waals surface area contributed by atoms with Crippen LogP contribution in [0.3, 0.4) is 0 Å². The Labute approximate surface area is 198 Å². The number of carbonyl (C=O) groups excluding carboxylic acids is 3. The molecular formula is C26H26N2O6. The van der Waals surface area contributed by atoms with Gasteiger partial charge >= 0.3 is 11.9 Å². The molecule has 1 amide bonds. The predicted molar refractivity (Wildman–Crippen MR) is 127 cm³/mol. The first-order valence-corrected chi connectivity index (χ1v) is 10.6. The molecule has 34 heavy (non-hydrogen) atoms. The van der Waals surface area contributed by atoms with Crippen LogP contribution in [-0.4, -0.2) is 45.7 Å². The average Bonchev–Trinajstić information content (AvgIpc) is 3.11. The molecule has 176 valence electrons. The topological polar surface area (TPSA) is 94.2 Å². The summed E-state index contributed by atoms with van der Waals surface area (Å²) in [7, 11) is 4.05. The van der Waals surface area contributed by atoms with E-state index < -0.39 is 11.9 Å². The van der Waals surface area contributed by atoms with Crippen molar-refractivity contribution < 1.29 is 28.6 Å². The van der Waals surface area contributed by atoms with E-state index >= 15 is 0 Å². The predicted octanol–water partition coefficient (Wildman–Crippen LogP) is 3.16. The third-order valence-corrected chi connectivity index (χ3v) is 5.17. The molecule has 0 aromatic heterocycles. The van der Waals surface area contributed by atoms with E-state index in [-0.39, 0.29) is 17.2 Å². The molecule has 8 heteroatoms. The fourth-order valence-electron chi connectivity index (χ4n) is 3.54. The van der Waals surface area contributed by atoms with Gasteiger partial charge in [-0.2, -0.15) is 0 Å². The standard InChI is InChI=1S/C26H26N2O6/c1-32-22-14-7-4-10-18(22)15-16-27-24(29)19-11-5-6-13-21(19)28-17-9-8-12-20(25(30)33-2)23(28)26(31)34-3/h4-14,17H,15-16H2,1-3H3,(H,27,29). The molecule has 1 aliphatic heterocycles. The maximum absolute atomic E-state index is 13.1. The van der Waals surface area contributed by atoms with Gasteiger partial charge in [0.25, 0.3) is 5.91 Å². The number of hydrogen-bond donors (Lipinski definition) is 1. The van der Waals surface area contributed by atoms with Crippen LogP contribution in [-0.2, 0) is 25.5 Å². The molecule has 0 saturated heterocycles. The summed E-state index contributed by atoms with van der Waals surface area (Å²) in [5.74, 6) is -1.03. The lowest BCUT2D eigenvalue weighted by molar-refractivity contribution is -0.139. The van der Waals surface area contributed by atoms with Gasteiger partial charge in [-0.05, 0) is 42.3 Å². The van der Waals surface area contributed by atoms with Crippen LogP contribution in [0.2, 0.25) is 0 Å². The Balaban J connectivity index is 1.91. The van der Waals surface area contributed by atoms with Crippen molar-refractivity contribution in [2.24, 2.45) is 0 Å². The van der Waals surface area contributed by atoms with Crippen molar-refractivity contribution in [1.82, 2.24) is 5.32 Å². The number of para-hydroxylation sites is 2. The number of esters is 2. The lowest BCUT2D eigenvalue weighted by Gasteiger charge is -2.25. The second-order valence-electron chi connectivity index (χ2n) is 7.15. The summed E-state index contributed by atoms with van der Waals surface area (Å²) in [5, 5.41) is 2.91. The zero-order valence-electron chi connectivity index (χ0n) is 19.2. The molecule has 1 N–H and O–H groups in total. The largest absolute Gasteiger partial charge is 0.496 e. The van der Waals surface area contributed by atoms with Crippen LogP contribution >= 0.6 is 0 Å². The highest BCUT2D eigenvalue weighted by atomic mass is 16.5. The molecule has 1 aliphatic rings. The summed E-state index contributed by atoms with van der Waals surface area (Å²) in [6.45, 7) is 0.373. The first-order chi connectivity index (χ1) is 16.5. The molecular weight excluding hydrogens is 436 g/mol. The van der Waals surface area contributed by atoms with E-state index in [4.69, 9.17) is 14.2 Å². The highest BCUT2D eigenvalue weighted by Crippen LogP contribution is 2.29. The lowest BCUT2D eigenvalue weighted by Crippen LogP contribution is -2.31. The van der Waals surface area contributed by atoms with Gasteiger partial charge in [-0.3, -0.25) is 4.79 Å². The summed E-state index contributed by atoms with van der Waals surface area (Å²) in [4.78, 5) is 39.7. The molecule has 0 atom stereocenters. The summed E-state index contributed by atoms with van der Waals surface area (Å²) in [5.41, 5.74) is 1.64. The number of benzene rings is 2. The van der Waals surface area contributed by atoms with Gasteiger partial charge in [-0.1, -0.05) is 36.4 Å². The normalized spacial score (nSPS) is 12.7. The highest BCUT2D eigenvalue weighted by Gasteiger charge is 2.29. The van der Waals surface area contributed by atoms with Gasteiger partial charge in [0, 0.05) is 12.7 Å². The number of allylic oxidation sites excluding steroid dienone is 2. The van der Waals surface area contributed by atoms with Crippen LogP contribution in [0, 0.1) is 0 Å². The molecule has 1 heterocycles. The van der Waals surface area contributed by atoms with Gasteiger partial charge in [0.15, 0.2) is 0 Å². The van der Waals surface area contributed by atoms with Gasteiger partial charge in [-0.15, -0.1) is 0 Å². The summed E-state index contributed by atoms with van der Waals surface area (Å²) in [6.07, 6.45) is 6.87. The Morgan fingerprint density at radius 1 is 0.882 bits per heavy atom. The number of hydrogen-bond acceptors (Lipinski definition) is 7. The maximum Gasteiger partial charge on any atom is 0.355 e. The van der Waals surface area contributed by atoms with Gasteiger partial charge in [0.2, 0.25) is 0 Å². The SMILES string of the molecule is COC(=O)C1=C(C(=O)OC)N(c2ccccc2C(=O)NCCc2ccccc2OC)C=CC=C1. The van der Waals surface area contributed by atoms with Crippen LogP contribution in [0.5, 0.6) is 5.75 Å². The quantitative estimate of drug-likeness (QED) is 0.602. The van der Waals surface area contributed by atoms with E-state index in [1.54, 1.807) is 49.7 Å². The third kappa shape index (κ3) is 5.35. The number of nitrogens with one attached hydrogen (secondary N) is 1. The van der Waals surface area contributed by atoms with E-state index in [1.807, 2.05) is 24.3 Å². The summed E-state index contributed by atoms with van der Waals surface area (Å²) in [6, 6.07) is 14.4. The van der Waals surface area contributed by atoms with Gasteiger partial charge in [0.05, 0.1) is 38.2 Å². The van der Waals surface area contributed by atoms with Crippen molar-refractivity contribution in [3.8, 4) is 5.75 Å². The van der Waals surface area contributed by atoms with Crippen LogP contribution in [0.25, 0.3) is 0 Å². The number of carbonyl (C=O) groups is 3. The molecule has 2 aromatic carbocycles. The van der Waals surface area contributed by atoms with Crippen molar-refractivity contribution in [2.45, 2.75) is 6.42 Å². The molecule has 2 aromatic rings.